The summed E-state index contributed by atoms with van der Waals surface area (Å²) in [5.74, 6) is -0.0590. The first-order valence-corrected chi connectivity index (χ1v) is 13.7. The maximum atomic E-state index is 13.7. The zero-order valence-corrected chi connectivity index (χ0v) is 21.6. The molecule has 0 N–H and O–H groups in total. The number of carbonyl (C=O) groups is 2. The summed E-state index contributed by atoms with van der Waals surface area (Å²) in [7, 11) is 0. The molecule has 8 heteroatoms. The number of hydrogen-bond acceptors (Lipinski definition) is 5. The van der Waals surface area contributed by atoms with Gasteiger partial charge in [-0.15, -0.1) is 22.7 Å². The molecule has 0 bridgehead atoms. The first-order chi connectivity index (χ1) is 16.6. The number of amides is 2. The van der Waals surface area contributed by atoms with Gasteiger partial charge in [-0.1, -0.05) is 29.8 Å². The first kappa shape index (κ1) is 24.9. The van der Waals surface area contributed by atoms with Crippen molar-refractivity contribution in [3.63, 3.8) is 0 Å². The molecule has 1 aliphatic heterocycles. The summed E-state index contributed by atoms with van der Waals surface area (Å²) >= 11 is 9.43. The minimum Gasteiger partial charge on any atom is -0.382 e. The average Bonchev–Trinajstić information content (AvgIpc) is 3.53. The molecule has 2 amide bonds. The van der Waals surface area contributed by atoms with E-state index in [1.807, 2.05) is 53.6 Å². The number of carbonyl (C=O) groups excluding carboxylic acids is 2. The number of benzene rings is 1. The lowest BCUT2D eigenvalue weighted by molar-refractivity contribution is -0.141. The smallest absolute Gasteiger partial charge is 0.242 e. The molecular weight excluding hydrogens is 488 g/mol. The quantitative estimate of drug-likeness (QED) is 0.337. The fourth-order valence-electron chi connectivity index (χ4n) is 4.31. The molecule has 1 aromatic carbocycles. The maximum Gasteiger partial charge on any atom is 0.242 e. The zero-order chi connectivity index (χ0) is 23.9. The molecule has 0 spiro atoms. The number of hydrogen-bond donors (Lipinski definition) is 0. The fourth-order valence-corrected chi connectivity index (χ4v) is 6.04. The number of rotatable bonds is 10. The standard InChI is InChI=1S/C26H29ClN2O3S2/c1-2-32-14-4-12-28(24(30)17-21-5-3-15-33-21)18-25(31)29-13-10-23-22(11-16-34-23)26(29)19-6-8-20(27)9-7-19/h3,5-9,11,15-16,26H,2,4,10,12-14,17-18H2,1H3. The lowest BCUT2D eigenvalue weighted by atomic mass is 9.93. The van der Waals surface area contributed by atoms with Gasteiger partial charge in [0.15, 0.2) is 0 Å². The lowest BCUT2D eigenvalue weighted by Crippen LogP contribution is -2.47. The van der Waals surface area contributed by atoms with E-state index in [1.165, 1.54) is 10.4 Å². The second-order valence-electron chi connectivity index (χ2n) is 8.21. The van der Waals surface area contributed by atoms with Crippen LogP contribution in [0.4, 0.5) is 0 Å². The van der Waals surface area contributed by atoms with Crippen LogP contribution in [-0.4, -0.2) is 54.5 Å². The molecule has 0 aliphatic carbocycles. The highest BCUT2D eigenvalue weighted by Crippen LogP contribution is 2.38. The number of nitrogens with zero attached hydrogens (tertiary/aromatic N) is 2. The van der Waals surface area contributed by atoms with Crippen LogP contribution in [0.3, 0.4) is 0 Å². The van der Waals surface area contributed by atoms with Crippen LogP contribution in [0.2, 0.25) is 5.02 Å². The van der Waals surface area contributed by atoms with E-state index in [0.717, 1.165) is 16.9 Å². The Balaban J connectivity index is 1.53. The topological polar surface area (TPSA) is 49.9 Å². The van der Waals surface area contributed by atoms with Crippen LogP contribution in [0.15, 0.2) is 53.2 Å². The molecule has 5 nitrogen and oxygen atoms in total. The Morgan fingerprint density at radius 1 is 1.15 bits per heavy atom. The first-order valence-electron chi connectivity index (χ1n) is 11.6. The van der Waals surface area contributed by atoms with Crippen LogP contribution in [-0.2, 0) is 27.2 Å². The zero-order valence-electron chi connectivity index (χ0n) is 19.2. The summed E-state index contributed by atoms with van der Waals surface area (Å²) in [6, 6.07) is 13.6. The molecule has 0 saturated carbocycles. The van der Waals surface area contributed by atoms with E-state index >= 15 is 0 Å². The van der Waals surface area contributed by atoms with Gasteiger partial charge in [-0.3, -0.25) is 9.59 Å². The molecule has 180 valence electrons. The van der Waals surface area contributed by atoms with Gasteiger partial charge in [-0.2, -0.15) is 0 Å². The molecule has 2 aromatic heterocycles. The minimum atomic E-state index is -0.169. The third-order valence-corrected chi connectivity index (χ3v) is 8.10. The van der Waals surface area contributed by atoms with Crippen LogP contribution >= 0.6 is 34.3 Å². The van der Waals surface area contributed by atoms with Crippen LogP contribution in [0.5, 0.6) is 0 Å². The fraction of sp³-hybridized carbons (Fsp3) is 0.385. The van der Waals surface area contributed by atoms with Gasteiger partial charge in [0.2, 0.25) is 11.8 Å². The van der Waals surface area contributed by atoms with E-state index < -0.39 is 0 Å². The monoisotopic (exact) mass is 516 g/mol. The van der Waals surface area contributed by atoms with Crippen molar-refractivity contribution in [3.8, 4) is 0 Å². The maximum absolute atomic E-state index is 13.7. The van der Waals surface area contributed by atoms with Crippen molar-refractivity contribution in [1.82, 2.24) is 9.80 Å². The summed E-state index contributed by atoms with van der Waals surface area (Å²) in [6.07, 6.45) is 1.85. The summed E-state index contributed by atoms with van der Waals surface area (Å²) in [4.78, 5) is 32.8. The molecule has 3 aromatic rings. The second kappa shape index (κ2) is 12.0. The van der Waals surface area contributed by atoms with Crippen LogP contribution in [0.25, 0.3) is 0 Å². The Morgan fingerprint density at radius 2 is 1.97 bits per heavy atom. The van der Waals surface area contributed by atoms with Crippen molar-refractivity contribution in [2.24, 2.45) is 0 Å². The number of fused-ring (bicyclic) bond motifs is 1. The molecular formula is C26H29ClN2O3S2. The largest absolute Gasteiger partial charge is 0.382 e. The van der Waals surface area contributed by atoms with E-state index in [2.05, 4.69) is 11.4 Å². The molecule has 1 unspecified atom stereocenters. The lowest BCUT2D eigenvalue weighted by Gasteiger charge is -2.37. The number of halogens is 1. The third-order valence-electron chi connectivity index (χ3n) is 5.98. The van der Waals surface area contributed by atoms with E-state index in [0.29, 0.717) is 44.2 Å². The minimum absolute atomic E-state index is 0.0245. The Hall–Kier alpha value is -2.19. The molecule has 34 heavy (non-hydrogen) atoms. The van der Waals surface area contributed by atoms with Gasteiger partial charge in [-0.05, 0) is 65.9 Å². The van der Waals surface area contributed by atoms with Crippen molar-refractivity contribution < 1.29 is 14.3 Å². The van der Waals surface area contributed by atoms with E-state index in [9.17, 15) is 9.59 Å². The van der Waals surface area contributed by atoms with Gasteiger partial charge in [0.05, 0.1) is 19.0 Å². The normalized spacial score (nSPS) is 15.2. The Bertz CT molecular complexity index is 1080. The number of ether oxygens (including phenoxy) is 1. The van der Waals surface area contributed by atoms with Gasteiger partial charge >= 0.3 is 0 Å². The average molecular weight is 517 g/mol. The van der Waals surface area contributed by atoms with Crippen molar-refractivity contribution in [2.75, 3.05) is 32.8 Å². The molecule has 0 saturated heterocycles. The van der Waals surface area contributed by atoms with Gasteiger partial charge in [0.25, 0.3) is 0 Å². The Morgan fingerprint density at radius 3 is 2.71 bits per heavy atom. The SMILES string of the molecule is CCOCCCN(CC(=O)N1CCc2sccc2C1c1ccc(Cl)cc1)C(=O)Cc1cccs1. The highest BCUT2D eigenvalue weighted by atomic mass is 35.5. The molecule has 1 aliphatic rings. The summed E-state index contributed by atoms with van der Waals surface area (Å²) in [5, 5.41) is 4.73. The van der Waals surface area contributed by atoms with Crippen LogP contribution in [0, 0.1) is 0 Å². The van der Waals surface area contributed by atoms with E-state index in [1.54, 1.807) is 27.6 Å². The van der Waals surface area contributed by atoms with E-state index in [4.69, 9.17) is 16.3 Å². The predicted molar refractivity (Wildman–Crippen MR) is 139 cm³/mol. The predicted octanol–water partition coefficient (Wildman–Crippen LogP) is 5.44. The van der Waals surface area contributed by atoms with Crippen molar-refractivity contribution in [1.29, 1.82) is 0 Å². The van der Waals surface area contributed by atoms with E-state index in [-0.39, 0.29) is 24.4 Å². The molecule has 1 atom stereocenters. The van der Waals surface area contributed by atoms with Crippen molar-refractivity contribution in [3.05, 3.63) is 79.1 Å². The highest BCUT2D eigenvalue weighted by Gasteiger charge is 2.34. The van der Waals surface area contributed by atoms with Gasteiger partial charge in [0, 0.05) is 41.1 Å². The molecule has 0 fully saturated rings. The Labute approximate surface area is 213 Å². The van der Waals surface area contributed by atoms with Crippen molar-refractivity contribution in [2.45, 2.75) is 32.2 Å². The summed E-state index contributed by atoms with van der Waals surface area (Å²) in [5.41, 5.74) is 2.20. The van der Waals surface area contributed by atoms with Crippen LogP contribution < -0.4 is 0 Å². The molecule has 4 rings (SSSR count). The second-order valence-corrected chi connectivity index (χ2v) is 10.7. The summed E-state index contributed by atoms with van der Waals surface area (Å²) < 4.78 is 5.46. The number of thiophene rings is 2. The van der Waals surface area contributed by atoms with Gasteiger partial charge in [0.1, 0.15) is 0 Å². The highest BCUT2D eigenvalue weighted by molar-refractivity contribution is 7.10. The Kier molecular flexibility index (Phi) is 8.78. The molecule has 0 radical (unpaired) electrons. The van der Waals surface area contributed by atoms with Gasteiger partial charge in [-0.25, -0.2) is 0 Å². The van der Waals surface area contributed by atoms with Gasteiger partial charge < -0.3 is 14.5 Å². The van der Waals surface area contributed by atoms with Crippen LogP contribution in [0.1, 0.15) is 40.3 Å². The molecule has 3 heterocycles. The third kappa shape index (κ3) is 6.08. The summed E-state index contributed by atoms with van der Waals surface area (Å²) in [6.45, 7) is 4.37. The van der Waals surface area contributed by atoms with Crippen molar-refractivity contribution >= 4 is 46.1 Å².